The summed E-state index contributed by atoms with van der Waals surface area (Å²) in [6.45, 7) is 3.37. The topological polar surface area (TPSA) is 92.8 Å². The number of carbonyl (C=O) groups is 4. The molecular formula is C22H28N2O5. The minimum absolute atomic E-state index is 0.0122. The van der Waals surface area contributed by atoms with Crippen LogP contribution in [0.2, 0.25) is 0 Å². The van der Waals surface area contributed by atoms with Crippen LogP contribution < -0.4 is 5.32 Å². The lowest BCUT2D eigenvalue weighted by Gasteiger charge is -2.19. The largest absolute Gasteiger partial charge is 0.452 e. The molecule has 29 heavy (non-hydrogen) atoms. The van der Waals surface area contributed by atoms with E-state index in [2.05, 4.69) is 5.32 Å². The van der Waals surface area contributed by atoms with Crippen molar-refractivity contribution in [1.29, 1.82) is 0 Å². The van der Waals surface area contributed by atoms with Crippen molar-refractivity contribution in [3.05, 3.63) is 35.9 Å². The zero-order valence-corrected chi connectivity index (χ0v) is 16.9. The first-order valence-corrected chi connectivity index (χ1v) is 10.3. The Labute approximate surface area is 170 Å². The number of rotatable bonds is 7. The fourth-order valence-corrected chi connectivity index (χ4v) is 4.12. The number of carbonyl (C=O) groups excluding carboxylic acids is 4. The molecule has 1 N–H and O–H groups in total. The van der Waals surface area contributed by atoms with Gasteiger partial charge in [-0.15, -0.1) is 0 Å². The van der Waals surface area contributed by atoms with Crippen LogP contribution >= 0.6 is 0 Å². The summed E-state index contributed by atoms with van der Waals surface area (Å²) in [4.78, 5) is 50.5. The second-order valence-electron chi connectivity index (χ2n) is 7.85. The molecule has 1 saturated carbocycles. The number of imide groups is 1. The molecule has 156 valence electrons. The second-order valence-corrected chi connectivity index (χ2v) is 7.85. The zero-order valence-electron chi connectivity index (χ0n) is 16.9. The van der Waals surface area contributed by atoms with E-state index < -0.39 is 18.0 Å². The molecule has 1 aromatic carbocycles. The summed E-state index contributed by atoms with van der Waals surface area (Å²) >= 11 is 0. The van der Waals surface area contributed by atoms with Crippen LogP contribution in [-0.4, -0.2) is 41.2 Å². The molecule has 0 spiro atoms. The van der Waals surface area contributed by atoms with E-state index in [0.29, 0.717) is 0 Å². The first-order chi connectivity index (χ1) is 13.9. The maximum atomic E-state index is 12.4. The number of benzene rings is 1. The van der Waals surface area contributed by atoms with Gasteiger partial charge in [0.2, 0.25) is 11.8 Å². The van der Waals surface area contributed by atoms with Gasteiger partial charge in [-0.2, -0.15) is 0 Å². The molecule has 1 aliphatic carbocycles. The molecule has 3 amide bonds. The second kappa shape index (κ2) is 9.20. The van der Waals surface area contributed by atoms with Gasteiger partial charge in [-0.1, -0.05) is 43.2 Å². The average Bonchev–Trinajstić information content (AvgIpc) is 2.97. The maximum absolute atomic E-state index is 12.4. The van der Waals surface area contributed by atoms with Crippen molar-refractivity contribution in [1.82, 2.24) is 10.2 Å². The van der Waals surface area contributed by atoms with Gasteiger partial charge in [0.05, 0.1) is 24.3 Å². The van der Waals surface area contributed by atoms with Gasteiger partial charge < -0.3 is 10.1 Å². The Morgan fingerprint density at radius 2 is 1.66 bits per heavy atom. The first kappa shape index (κ1) is 21.0. The van der Waals surface area contributed by atoms with Crippen molar-refractivity contribution in [2.24, 2.45) is 11.8 Å². The minimum atomic E-state index is -0.957. The summed E-state index contributed by atoms with van der Waals surface area (Å²) in [7, 11) is 0. The summed E-state index contributed by atoms with van der Waals surface area (Å²) in [5, 5.41) is 2.81. The average molecular weight is 400 g/mol. The van der Waals surface area contributed by atoms with E-state index in [1.165, 1.54) is 11.8 Å². The fourth-order valence-electron chi connectivity index (χ4n) is 4.12. The van der Waals surface area contributed by atoms with E-state index in [1.807, 2.05) is 37.3 Å². The molecule has 0 bridgehead atoms. The smallest absolute Gasteiger partial charge is 0.308 e. The summed E-state index contributed by atoms with van der Waals surface area (Å²) < 4.78 is 5.20. The molecule has 4 atom stereocenters. The summed E-state index contributed by atoms with van der Waals surface area (Å²) in [5.74, 6) is -1.79. The SMILES string of the molecule is C[C@H](OC(=O)CCN1C(=O)[C@H]2CCCC[C@H]2C1=O)C(=O)N[C@H](C)c1ccccc1. The molecule has 1 aromatic rings. The van der Waals surface area contributed by atoms with Crippen molar-refractivity contribution in [3.8, 4) is 0 Å². The van der Waals surface area contributed by atoms with Gasteiger partial charge in [-0.05, 0) is 32.3 Å². The Bertz CT molecular complexity index is 755. The Morgan fingerprint density at radius 3 is 2.24 bits per heavy atom. The van der Waals surface area contributed by atoms with Crippen molar-refractivity contribution >= 4 is 23.7 Å². The predicted octanol–water partition coefficient (Wildman–Crippen LogP) is 2.36. The molecule has 2 fully saturated rings. The van der Waals surface area contributed by atoms with Crippen LogP contribution in [0.1, 0.15) is 57.6 Å². The molecule has 7 heteroatoms. The van der Waals surface area contributed by atoms with Crippen LogP contribution in [0.25, 0.3) is 0 Å². The van der Waals surface area contributed by atoms with Crippen molar-refractivity contribution in [2.75, 3.05) is 6.54 Å². The third-order valence-electron chi connectivity index (χ3n) is 5.81. The van der Waals surface area contributed by atoms with E-state index in [0.717, 1.165) is 31.2 Å². The molecule has 7 nitrogen and oxygen atoms in total. The lowest BCUT2D eigenvalue weighted by molar-refractivity contribution is -0.155. The van der Waals surface area contributed by atoms with E-state index in [4.69, 9.17) is 4.74 Å². The number of fused-ring (bicyclic) bond motifs is 1. The molecule has 0 aromatic heterocycles. The first-order valence-electron chi connectivity index (χ1n) is 10.3. The number of esters is 1. The number of likely N-dealkylation sites (tertiary alicyclic amines) is 1. The van der Waals surface area contributed by atoms with E-state index in [1.54, 1.807) is 0 Å². The number of nitrogens with zero attached hydrogens (tertiary/aromatic N) is 1. The van der Waals surface area contributed by atoms with Crippen LogP contribution in [0, 0.1) is 11.8 Å². The fraction of sp³-hybridized carbons (Fsp3) is 0.545. The Morgan fingerprint density at radius 1 is 1.07 bits per heavy atom. The number of nitrogens with one attached hydrogen (secondary N) is 1. The minimum Gasteiger partial charge on any atom is -0.452 e. The summed E-state index contributed by atoms with van der Waals surface area (Å²) in [6, 6.07) is 9.27. The van der Waals surface area contributed by atoms with E-state index >= 15 is 0 Å². The van der Waals surface area contributed by atoms with Crippen LogP contribution in [0.4, 0.5) is 0 Å². The van der Waals surface area contributed by atoms with Crippen molar-refractivity contribution in [2.45, 2.75) is 58.1 Å². The molecule has 3 rings (SSSR count). The Balaban J connectivity index is 1.46. The Hall–Kier alpha value is -2.70. The monoisotopic (exact) mass is 400 g/mol. The van der Waals surface area contributed by atoms with Gasteiger partial charge in [0.1, 0.15) is 0 Å². The highest BCUT2D eigenvalue weighted by Crippen LogP contribution is 2.37. The Kier molecular flexibility index (Phi) is 6.67. The quantitative estimate of drug-likeness (QED) is 0.560. The van der Waals surface area contributed by atoms with Crippen LogP contribution in [0.5, 0.6) is 0 Å². The third-order valence-corrected chi connectivity index (χ3v) is 5.81. The standard InChI is InChI=1S/C22H28N2O5/c1-14(16-8-4-3-5-9-16)23-20(26)15(2)29-19(25)12-13-24-21(27)17-10-6-7-11-18(17)22(24)28/h3-5,8-9,14-15,17-18H,6-7,10-13H2,1-2H3,(H,23,26)/t14-,15+,17-,18+/m1/s1. The van der Waals surface area contributed by atoms with Crippen LogP contribution in [0.15, 0.2) is 30.3 Å². The van der Waals surface area contributed by atoms with E-state index in [-0.39, 0.29) is 42.7 Å². The number of amides is 3. The molecule has 1 heterocycles. The lowest BCUT2D eigenvalue weighted by Crippen LogP contribution is -2.38. The zero-order chi connectivity index (χ0) is 21.0. The highest BCUT2D eigenvalue weighted by atomic mass is 16.5. The van der Waals surface area contributed by atoms with Gasteiger partial charge in [-0.3, -0.25) is 24.1 Å². The van der Waals surface area contributed by atoms with Gasteiger partial charge in [0, 0.05) is 6.54 Å². The lowest BCUT2D eigenvalue weighted by atomic mass is 9.81. The molecule has 0 radical (unpaired) electrons. The van der Waals surface area contributed by atoms with Crippen LogP contribution in [0.3, 0.4) is 0 Å². The maximum Gasteiger partial charge on any atom is 0.308 e. The normalized spacial score (nSPS) is 23.3. The number of ether oxygens (including phenoxy) is 1. The van der Waals surface area contributed by atoms with Gasteiger partial charge in [0.15, 0.2) is 6.10 Å². The third kappa shape index (κ3) is 4.83. The highest BCUT2D eigenvalue weighted by molar-refractivity contribution is 6.05. The van der Waals surface area contributed by atoms with E-state index in [9.17, 15) is 19.2 Å². The molecule has 2 aliphatic rings. The molecule has 1 aliphatic heterocycles. The van der Waals surface area contributed by atoms with Gasteiger partial charge in [-0.25, -0.2) is 0 Å². The van der Waals surface area contributed by atoms with Crippen molar-refractivity contribution < 1.29 is 23.9 Å². The number of hydrogen-bond donors (Lipinski definition) is 1. The number of hydrogen-bond acceptors (Lipinski definition) is 5. The predicted molar refractivity (Wildman–Crippen MR) is 105 cm³/mol. The van der Waals surface area contributed by atoms with Crippen molar-refractivity contribution in [3.63, 3.8) is 0 Å². The summed E-state index contributed by atoms with van der Waals surface area (Å²) in [6.07, 6.45) is 2.35. The highest BCUT2D eigenvalue weighted by Gasteiger charge is 2.47. The van der Waals surface area contributed by atoms with Gasteiger partial charge >= 0.3 is 5.97 Å². The summed E-state index contributed by atoms with van der Waals surface area (Å²) in [5.41, 5.74) is 0.951. The van der Waals surface area contributed by atoms with Gasteiger partial charge in [0.25, 0.3) is 5.91 Å². The molecular weight excluding hydrogens is 372 g/mol. The van der Waals surface area contributed by atoms with Crippen LogP contribution in [-0.2, 0) is 23.9 Å². The molecule has 0 unspecified atom stereocenters. The molecule has 1 saturated heterocycles.